The van der Waals surface area contributed by atoms with Crippen LogP contribution in [0.15, 0.2) is 12.0 Å². The van der Waals surface area contributed by atoms with E-state index in [2.05, 4.69) is 0 Å². The molecular formula is C8H14FN3O3. The minimum absolute atomic E-state index is 0.108. The Morgan fingerprint density at radius 2 is 2.33 bits per heavy atom. The first-order valence-electron chi connectivity index (χ1n) is 4.11. The first-order chi connectivity index (χ1) is 7.01. The van der Waals surface area contributed by atoms with Crippen molar-refractivity contribution in [2.75, 3.05) is 20.7 Å². The molecule has 0 fully saturated rings. The fraction of sp³-hybridized carbons (Fsp3) is 0.500. The maximum absolute atomic E-state index is 13.0. The number of carbonyl (C=O) groups is 2. The van der Waals surface area contributed by atoms with Crippen LogP contribution in [0.25, 0.3) is 0 Å². The quantitative estimate of drug-likeness (QED) is 0.337. The number of rotatable bonds is 6. The summed E-state index contributed by atoms with van der Waals surface area (Å²) in [5.74, 6) is -2.17. The summed E-state index contributed by atoms with van der Waals surface area (Å²) < 4.78 is 17.7. The number of methoxy groups -OCH3 is 1. The summed E-state index contributed by atoms with van der Waals surface area (Å²) in [7, 11) is 2.93. The van der Waals surface area contributed by atoms with Crippen molar-refractivity contribution >= 4 is 12.3 Å². The number of imide groups is 1. The molecular weight excluding hydrogens is 205 g/mol. The minimum Gasteiger partial charge on any atom is -0.374 e. The molecule has 0 aromatic rings. The number of hydrogen-bond donors (Lipinski definition) is 2. The Labute approximate surface area is 86.9 Å². The van der Waals surface area contributed by atoms with Crippen molar-refractivity contribution in [3.05, 3.63) is 12.0 Å². The van der Waals surface area contributed by atoms with Gasteiger partial charge in [-0.1, -0.05) is 0 Å². The molecule has 0 heterocycles. The molecule has 0 bridgehead atoms. The van der Waals surface area contributed by atoms with Crippen LogP contribution in [0.3, 0.4) is 0 Å². The molecule has 1 atom stereocenters. The van der Waals surface area contributed by atoms with Gasteiger partial charge in [-0.2, -0.15) is 4.39 Å². The molecule has 0 rings (SSSR count). The molecule has 0 saturated heterocycles. The Morgan fingerprint density at radius 1 is 1.73 bits per heavy atom. The zero-order valence-electron chi connectivity index (χ0n) is 8.57. The highest BCUT2D eigenvalue weighted by atomic mass is 19.1. The lowest BCUT2D eigenvalue weighted by Gasteiger charge is -2.18. The molecule has 0 aromatic carbocycles. The van der Waals surface area contributed by atoms with E-state index in [1.807, 2.05) is 0 Å². The van der Waals surface area contributed by atoms with Gasteiger partial charge in [0.05, 0.1) is 6.54 Å². The predicted octanol–water partition coefficient (Wildman–Crippen LogP) is -1.07. The maximum atomic E-state index is 13.0. The van der Waals surface area contributed by atoms with Crippen molar-refractivity contribution in [1.82, 2.24) is 10.2 Å². The van der Waals surface area contributed by atoms with E-state index in [0.717, 1.165) is 6.20 Å². The Kier molecular flexibility index (Phi) is 6.23. The molecule has 0 unspecified atom stereocenters. The zero-order chi connectivity index (χ0) is 11.8. The van der Waals surface area contributed by atoms with Crippen molar-refractivity contribution in [2.24, 2.45) is 5.73 Å². The first kappa shape index (κ1) is 13.5. The van der Waals surface area contributed by atoms with Gasteiger partial charge in [-0.25, -0.2) is 0 Å². The van der Waals surface area contributed by atoms with Crippen LogP contribution in [-0.4, -0.2) is 44.1 Å². The van der Waals surface area contributed by atoms with Crippen molar-refractivity contribution < 1.29 is 18.7 Å². The summed E-state index contributed by atoms with van der Waals surface area (Å²) in [6.45, 7) is 0.221. The summed E-state index contributed by atoms with van der Waals surface area (Å²) in [4.78, 5) is 22.0. The van der Waals surface area contributed by atoms with E-state index in [1.54, 1.807) is 5.32 Å². The highest BCUT2D eigenvalue weighted by molar-refractivity contribution is 5.97. The SMILES string of the molecule is CO[C@@H](N)CN(C)/C=C(/F)C(=O)NC=O. The largest absolute Gasteiger partial charge is 0.374 e. The molecule has 0 spiro atoms. The molecule has 0 aliphatic carbocycles. The fourth-order valence-corrected chi connectivity index (χ4v) is 0.786. The first-order valence-corrected chi connectivity index (χ1v) is 4.11. The number of amides is 2. The number of carbonyl (C=O) groups excluding carboxylic acids is 2. The average molecular weight is 219 g/mol. The van der Waals surface area contributed by atoms with Crippen molar-refractivity contribution in [1.29, 1.82) is 0 Å². The summed E-state index contributed by atoms with van der Waals surface area (Å²) in [6, 6.07) is 0. The van der Waals surface area contributed by atoms with Gasteiger partial charge in [-0.3, -0.25) is 14.9 Å². The number of nitrogens with two attached hydrogens (primary N) is 1. The summed E-state index contributed by atoms with van der Waals surface area (Å²) >= 11 is 0. The monoisotopic (exact) mass is 219 g/mol. The number of nitrogens with one attached hydrogen (secondary N) is 1. The van der Waals surface area contributed by atoms with Crippen LogP contribution in [0.1, 0.15) is 0 Å². The van der Waals surface area contributed by atoms with E-state index < -0.39 is 18.0 Å². The number of likely N-dealkylation sites (N-methyl/N-ethyl adjacent to an activating group) is 1. The number of hydrogen-bond acceptors (Lipinski definition) is 5. The van der Waals surface area contributed by atoms with Crippen molar-refractivity contribution in [3.8, 4) is 0 Å². The van der Waals surface area contributed by atoms with Crippen LogP contribution in [0.5, 0.6) is 0 Å². The van der Waals surface area contributed by atoms with Crippen LogP contribution < -0.4 is 11.1 Å². The molecule has 2 amide bonds. The molecule has 15 heavy (non-hydrogen) atoms. The standard InChI is InChI=1S/C8H14FN3O3/c1-12(4-7(10)15-2)3-6(9)8(14)11-5-13/h3,5,7H,4,10H2,1-2H3,(H,11,13,14)/b6-3+/t7-/m1/s1. The normalized spacial score (nSPS) is 13.2. The van der Waals surface area contributed by atoms with Gasteiger partial charge in [-0.15, -0.1) is 0 Å². The van der Waals surface area contributed by atoms with Gasteiger partial charge in [-0.05, 0) is 0 Å². The second kappa shape index (κ2) is 6.91. The van der Waals surface area contributed by atoms with E-state index in [4.69, 9.17) is 10.5 Å². The number of ether oxygens (including phenoxy) is 1. The minimum atomic E-state index is -1.09. The van der Waals surface area contributed by atoms with Gasteiger partial charge in [0.25, 0.3) is 5.91 Å². The fourth-order valence-electron chi connectivity index (χ4n) is 0.786. The third-order valence-electron chi connectivity index (χ3n) is 1.51. The third kappa shape index (κ3) is 5.76. The van der Waals surface area contributed by atoms with Gasteiger partial charge in [0, 0.05) is 20.4 Å². The zero-order valence-corrected chi connectivity index (χ0v) is 8.57. The Balaban J connectivity index is 4.21. The average Bonchev–Trinajstić information content (AvgIpc) is 2.17. The second-order valence-corrected chi connectivity index (χ2v) is 2.78. The van der Waals surface area contributed by atoms with Crippen LogP contribution in [-0.2, 0) is 14.3 Å². The number of halogens is 1. The van der Waals surface area contributed by atoms with E-state index in [-0.39, 0.29) is 13.0 Å². The molecule has 6 nitrogen and oxygen atoms in total. The summed E-state index contributed by atoms with van der Waals surface area (Å²) in [5, 5.41) is 1.67. The Bertz CT molecular complexity index is 258. The highest BCUT2D eigenvalue weighted by Crippen LogP contribution is 1.99. The lowest BCUT2D eigenvalue weighted by atomic mass is 10.4. The molecule has 0 saturated carbocycles. The van der Waals surface area contributed by atoms with Gasteiger partial charge in [0.2, 0.25) is 12.2 Å². The summed E-state index contributed by atoms with van der Waals surface area (Å²) in [6.07, 6.45) is 0.460. The van der Waals surface area contributed by atoms with E-state index in [0.29, 0.717) is 0 Å². The molecule has 7 heteroatoms. The highest BCUT2D eigenvalue weighted by Gasteiger charge is 2.09. The van der Waals surface area contributed by atoms with Crippen LogP contribution in [0.2, 0.25) is 0 Å². The topological polar surface area (TPSA) is 84.7 Å². The molecule has 0 aromatic heterocycles. The van der Waals surface area contributed by atoms with E-state index in [9.17, 15) is 14.0 Å². The lowest BCUT2D eigenvalue weighted by Crippen LogP contribution is -2.34. The van der Waals surface area contributed by atoms with Crippen LogP contribution >= 0.6 is 0 Å². The Hall–Kier alpha value is -1.47. The van der Waals surface area contributed by atoms with E-state index in [1.165, 1.54) is 19.1 Å². The maximum Gasteiger partial charge on any atom is 0.287 e. The van der Waals surface area contributed by atoms with E-state index >= 15 is 0 Å². The molecule has 0 aliphatic rings. The van der Waals surface area contributed by atoms with Crippen molar-refractivity contribution in [3.63, 3.8) is 0 Å². The molecule has 0 aliphatic heterocycles. The van der Waals surface area contributed by atoms with Gasteiger partial charge < -0.3 is 15.4 Å². The van der Waals surface area contributed by atoms with Crippen molar-refractivity contribution in [2.45, 2.75) is 6.23 Å². The van der Waals surface area contributed by atoms with Gasteiger partial charge >= 0.3 is 0 Å². The van der Waals surface area contributed by atoms with Gasteiger partial charge in [0.1, 0.15) is 6.23 Å². The third-order valence-corrected chi connectivity index (χ3v) is 1.51. The molecule has 0 radical (unpaired) electrons. The smallest absolute Gasteiger partial charge is 0.287 e. The molecule has 3 N–H and O–H groups in total. The summed E-state index contributed by atoms with van der Waals surface area (Å²) in [5.41, 5.74) is 5.41. The Morgan fingerprint density at radius 3 is 2.80 bits per heavy atom. The second-order valence-electron chi connectivity index (χ2n) is 2.78. The van der Waals surface area contributed by atoms with Crippen LogP contribution in [0, 0.1) is 0 Å². The lowest BCUT2D eigenvalue weighted by molar-refractivity contribution is -0.123. The predicted molar refractivity (Wildman–Crippen MR) is 51.0 cm³/mol. The van der Waals surface area contributed by atoms with Crippen LogP contribution in [0.4, 0.5) is 4.39 Å². The van der Waals surface area contributed by atoms with Gasteiger partial charge in [0.15, 0.2) is 0 Å². The molecule has 86 valence electrons. The number of nitrogens with zero attached hydrogens (tertiary/aromatic N) is 1.